The summed E-state index contributed by atoms with van der Waals surface area (Å²) in [6.07, 6.45) is 5.72. The number of benzene rings is 1. The van der Waals surface area contributed by atoms with Crippen molar-refractivity contribution >= 4 is 36.4 Å². The molecule has 1 aromatic heterocycles. The fraction of sp³-hybridized carbons (Fsp3) is 0.429. The van der Waals surface area contributed by atoms with Gasteiger partial charge in [0.2, 0.25) is 5.91 Å². The van der Waals surface area contributed by atoms with Crippen LogP contribution in [0.1, 0.15) is 12.8 Å². The lowest BCUT2D eigenvalue weighted by Gasteiger charge is -2.30. The number of carbonyl (C=O) groups excluding carboxylic acids is 1. The van der Waals surface area contributed by atoms with Crippen LogP contribution in [0.25, 0.3) is 11.1 Å². The molecule has 2 saturated heterocycles. The SMILES string of the molecule is Cl.Cl.O=C(Nc1cccc(-c2cccnc2)c1)[C@@H]1CNC[C@H]1C1CCOCC1. The van der Waals surface area contributed by atoms with Crippen molar-refractivity contribution in [3.8, 4) is 11.1 Å². The van der Waals surface area contributed by atoms with Gasteiger partial charge in [-0.05, 0) is 55.0 Å². The minimum Gasteiger partial charge on any atom is -0.381 e. The van der Waals surface area contributed by atoms with Crippen molar-refractivity contribution in [2.24, 2.45) is 17.8 Å². The number of ether oxygens (including phenoxy) is 1. The predicted octanol–water partition coefficient (Wildman–Crippen LogP) is 3.79. The topological polar surface area (TPSA) is 63.2 Å². The van der Waals surface area contributed by atoms with Gasteiger partial charge in [0.05, 0.1) is 5.92 Å². The van der Waals surface area contributed by atoms with Gasteiger partial charge in [0.1, 0.15) is 0 Å². The molecular formula is C21H27Cl2N3O2. The smallest absolute Gasteiger partial charge is 0.229 e. The molecule has 0 unspecified atom stereocenters. The van der Waals surface area contributed by atoms with Crippen LogP contribution in [0, 0.1) is 17.8 Å². The van der Waals surface area contributed by atoms with Crippen LogP contribution in [-0.4, -0.2) is 37.2 Å². The second-order valence-corrected chi connectivity index (χ2v) is 7.19. The summed E-state index contributed by atoms with van der Waals surface area (Å²) in [6, 6.07) is 11.9. The number of carbonyl (C=O) groups is 1. The maximum absolute atomic E-state index is 12.9. The molecule has 0 aliphatic carbocycles. The molecule has 2 aliphatic rings. The zero-order chi connectivity index (χ0) is 17.8. The van der Waals surface area contributed by atoms with Gasteiger partial charge in [0, 0.05) is 43.4 Å². The highest BCUT2D eigenvalue weighted by atomic mass is 35.5. The number of nitrogens with one attached hydrogen (secondary N) is 2. The predicted molar refractivity (Wildman–Crippen MR) is 116 cm³/mol. The van der Waals surface area contributed by atoms with Crippen LogP contribution >= 0.6 is 24.8 Å². The molecule has 0 bridgehead atoms. The van der Waals surface area contributed by atoms with E-state index >= 15 is 0 Å². The molecule has 4 rings (SSSR count). The van der Waals surface area contributed by atoms with E-state index in [4.69, 9.17) is 4.74 Å². The van der Waals surface area contributed by atoms with Gasteiger partial charge in [-0.2, -0.15) is 0 Å². The molecule has 2 fully saturated rings. The normalized spacial score (nSPS) is 22.0. The molecule has 5 nitrogen and oxygen atoms in total. The second-order valence-electron chi connectivity index (χ2n) is 7.19. The summed E-state index contributed by atoms with van der Waals surface area (Å²) in [5.41, 5.74) is 2.95. The summed E-state index contributed by atoms with van der Waals surface area (Å²) in [7, 11) is 0. The maximum Gasteiger partial charge on any atom is 0.229 e. The monoisotopic (exact) mass is 423 g/mol. The zero-order valence-electron chi connectivity index (χ0n) is 15.7. The Labute approximate surface area is 178 Å². The third-order valence-corrected chi connectivity index (χ3v) is 5.59. The number of amides is 1. The van der Waals surface area contributed by atoms with Gasteiger partial charge in [0.15, 0.2) is 0 Å². The largest absolute Gasteiger partial charge is 0.381 e. The molecule has 7 heteroatoms. The van der Waals surface area contributed by atoms with Gasteiger partial charge in [0.25, 0.3) is 0 Å². The third kappa shape index (κ3) is 5.23. The van der Waals surface area contributed by atoms with E-state index in [0.29, 0.717) is 11.8 Å². The third-order valence-electron chi connectivity index (χ3n) is 5.59. The van der Waals surface area contributed by atoms with Gasteiger partial charge in [-0.25, -0.2) is 0 Å². The Morgan fingerprint density at radius 1 is 1.07 bits per heavy atom. The van der Waals surface area contributed by atoms with E-state index in [2.05, 4.69) is 15.6 Å². The van der Waals surface area contributed by atoms with Crippen LogP contribution in [0.4, 0.5) is 5.69 Å². The number of aromatic nitrogens is 1. The van der Waals surface area contributed by atoms with Crippen molar-refractivity contribution in [1.29, 1.82) is 0 Å². The van der Waals surface area contributed by atoms with E-state index in [1.54, 1.807) is 6.20 Å². The summed E-state index contributed by atoms with van der Waals surface area (Å²) >= 11 is 0. The van der Waals surface area contributed by atoms with Crippen molar-refractivity contribution in [3.63, 3.8) is 0 Å². The van der Waals surface area contributed by atoms with E-state index in [1.807, 2.05) is 42.6 Å². The van der Waals surface area contributed by atoms with Crippen LogP contribution in [0.2, 0.25) is 0 Å². The van der Waals surface area contributed by atoms with E-state index in [0.717, 1.165) is 56.0 Å². The standard InChI is InChI=1S/C21H25N3O2.2ClH/c25-21(20-14-23-13-19(20)15-6-9-26-10-7-15)24-18-5-1-3-16(11-18)17-4-2-8-22-12-17;;/h1-5,8,11-12,15,19-20,23H,6-7,9-10,13-14H2,(H,24,25);2*1H/t19-,20+;;/m0../s1. The summed E-state index contributed by atoms with van der Waals surface area (Å²) < 4.78 is 5.48. The summed E-state index contributed by atoms with van der Waals surface area (Å²) in [6.45, 7) is 3.33. The van der Waals surface area contributed by atoms with Crippen molar-refractivity contribution in [1.82, 2.24) is 10.3 Å². The van der Waals surface area contributed by atoms with Crippen molar-refractivity contribution in [3.05, 3.63) is 48.8 Å². The number of nitrogens with zero attached hydrogens (tertiary/aromatic N) is 1. The Bertz CT molecular complexity index is 754. The molecule has 1 aromatic carbocycles. The Hall–Kier alpha value is -1.66. The summed E-state index contributed by atoms with van der Waals surface area (Å²) in [4.78, 5) is 17.1. The minimum absolute atomic E-state index is 0. The fourth-order valence-electron chi connectivity index (χ4n) is 4.17. The second kappa shape index (κ2) is 10.8. The highest BCUT2D eigenvalue weighted by molar-refractivity contribution is 5.93. The molecular weight excluding hydrogens is 397 g/mol. The molecule has 152 valence electrons. The van der Waals surface area contributed by atoms with Gasteiger partial charge in [-0.3, -0.25) is 9.78 Å². The number of pyridine rings is 1. The first-order valence-corrected chi connectivity index (χ1v) is 9.41. The summed E-state index contributed by atoms with van der Waals surface area (Å²) in [5.74, 6) is 1.13. The molecule has 3 heterocycles. The van der Waals surface area contributed by atoms with Crippen molar-refractivity contribution in [2.45, 2.75) is 12.8 Å². The average molecular weight is 424 g/mol. The Balaban J connectivity index is 0.00000140. The van der Waals surface area contributed by atoms with Crippen molar-refractivity contribution in [2.75, 3.05) is 31.6 Å². The number of hydrogen-bond acceptors (Lipinski definition) is 4. The van der Waals surface area contributed by atoms with Crippen LogP contribution in [0.3, 0.4) is 0 Å². The molecule has 1 amide bonds. The first-order valence-electron chi connectivity index (χ1n) is 9.41. The van der Waals surface area contributed by atoms with Crippen molar-refractivity contribution < 1.29 is 9.53 Å². The lowest BCUT2D eigenvalue weighted by molar-refractivity contribution is -0.121. The Morgan fingerprint density at radius 2 is 1.86 bits per heavy atom. The quantitative estimate of drug-likeness (QED) is 0.784. The number of halogens is 2. The minimum atomic E-state index is 0. The molecule has 2 atom stereocenters. The summed E-state index contributed by atoms with van der Waals surface area (Å²) in [5, 5.41) is 6.55. The van der Waals surface area contributed by atoms with Gasteiger partial charge in [-0.15, -0.1) is 24.8 Å². The fourth-order valence-corrected chi connectivity index (χ4v) is 4.17. The molecule has 2 aromatic rings. The number of rotatable bonds is 4. The average Bonchev–Trinajstić information content (AvgIpc) is 3.20. The van der Waals surface area contributed by atoms with Gasteiger partial charge >= 0.3 is 0 Å². The number of anilines is 1. The molecule has 2 aliphatic heterocycles. The Kier molecular flexibility index (Phi) is 8.70. The maximum atomic E-state index is 12.9. The molecule has 0 radical (unpaired) electrons. The first-order chi connectivity index (χ1) is 12.8. The molecule has 28 heavy (non-hydrogen) atoms. The van der Waals surface area contributed by atoms with Gasteiger partial charge < -0.3 is 15.4 Å². The van der Waals surface area contributed by atoms with Crippen LogP contribution in [0.15, 0.2) is 48.8 Å². The van der Waals surface area contributed by atoms with E-state index in [1.165, 1.54) is 0 Å². The molecule has 0 spiro atoms. The number of hydrogen-bond donors (Lipinski definition) is 2. The molecule has 2 N–H and O–H groups in total. The highest BCUT2D eigenvalue weighted by Crippen LogP contribution is 2.33. The van der Waals surface area contributed by atoms with E-state index in [-0.39, 0.29) is 36.6 Å². The highest BCUT2D eigenvalue weighted by Gasteiger charge is 2.38. The Morgan fingerprint density at radius 3 is 2.61 bits per heavy atom. The van der Waals surface area contributed by atoms with Crippen LogP contribution in [0.5, 0.6) is 0 Å². The lowest BCUT2D eigenvalue weighted by atomic mass is 9.79. The lowest BCUT2D eigenvalue weighted by Crippen LogP contribution is -2.34. The first kappa shape index (κ1) is 22.6. The zero-order valence-corrected chi connectivity index (χ0v) is 17.3. The van der Waals surface area contributed by atoms with Gasteiger partial charge in [-0.1, -0.05) is 18.2 Å². The molecule has 0 saturated carbocycles. The van der Waals surface area contributed by atoms with Crippen LogP contribution < -0.4 is 10.6 Å². The van der Waals surface area contributed by atoms with E-state index < -0.39 is 0 Å². The van der Waals surface area contributed by atoms with E-state index in [9.17, 15) is 4.79 Å². The van der Waals surface area contributed by atoms with Crippen LogP contribution in [-0.2, 0) is 9.53 Å².